The van der Waals surface area contributed by atoms with Gasteiger partial charge in [0, 0.05) is 13.1 Å². The summed E-state index contributed by atoms with van der Waals surface area (Å²) in [7, 11) is 0. The Morgan fingerprint density at radius 1 is 1.33 bits per heavy atom. The highest BCUT2D eigenvalue weighted by Gasteiger charge is 2.17. The lowest BCUT2D eigenvalue weighted by molar-refractivity contribution is -0.133. The van der Waals surface area contributed by atoms with Gasteiger partial charge in [0.05, 0.1) is 13.2 Å². The fourth-order valence-electron chi connectivity index (χ4n) is 1.05. The molecule has 0 atom stereocenters. The Morgan fingerprint density at radius 3 is 2.42 bits per heavy atom. The zero-order chi connectivity index (χ0) is 8.97. The first-order valence-corrected chi connectivity index (χ1v) is 3.92. The Hall–Kier alpha value is -0.900. The van der Waals surface area contributed by atoms with Crippen molar-refractivity contribution in [3.63, 3.8) is 0 Å². The molecule has 0 spiro atoms. The molecule has 0 N–H and O–H groups in total. The molecule has 1 radical (unpaired) electrons. The molecular weight excluding hydrogens is 158 g/mol. The minimum Gasteiger partial charge on any atom is -0.378 e. The maximum atomic E-state index is 11.2. The molecule has 0 bridgehead atoms. The predicted octanol–water partition coefficient (Wildman–Crippen LogP) is -0.362. The van der Waals surface area contributed by atoms with Crippen LogP contribution in [-0.4, -0.2) is 42.9 Å². The Kier molecular flexibility index (Phi) is 3.22. The molecule has 1 rings (SSSR count). The van der Waals surface area contributed by atoms with Crippen LogP contribution in [0.1, 0.15) is 6.92 Å². The summed E-state index contributed by atoms with van der Waals surface area (Å²) in [5.41, 5.74) is 0. The van der Waals surface area contributed by atoms with Gasteiger partial charge in [0.1, 0.15) is 12.2 Å². The van der Waals surface area contributed by atoms with Crippen LogP contribution in [0.25, 0.3) is 0 Å². The minimum atomic E-state index is -0.203. The van der Waals surface area contributed by atoms with Crippen molar-refractivity contribution in [2.45, 2.75) is 6.92 Å². The topological polar surface area (TPSA) is 46.6 Å². The van der Waals surface area contributed by atoms with Gasteiger partial charge in [0.2, 0.25) is 5.91 Å². The number of carbonyl (C=O) groups excluding carboxylic acids is 2. The SMILES string of the molecule is CC(=O)[CH]C(=O)N1CCOCC1. The van der Waals surface area contributed by atoms with Crippen molar-refractivity contribution in [3.05, 3.63) is 6.42 Å². The summed E-state index contributed by atoms with van der Waals surface area (Å²) in [5, 5.41) is 0. The molecule has 0 aromatic heterocycles. The first-order chi connectivity index (χ1) is 5.70. The van der Waals surface area contributed by atoms with Crippen LogP contribution in [0.4, 0.5) is 0 Å². The van der Waals surface area contributed by atoms with Gasteiger partial charge in [-0.15, -0.1) is 0 Å². The number of nitrogens with zero attached hydrogens (tertiary/aromatic N) is 1. The van der Waals surface area contributed by atoms with Gasteiger partial charge in [-0.2, -0.15) is 0 Å². The molecule has 12 heavy (non-hydrogen) atoms. The van der Waals surface area contributed by atoms with Crippen molar-refractivity contribution >= 4 is 11.7 Å². The summed E-state index contributed by atoms with van der Waals surface area (Å²) in [6.45, 7) is 3.68. The van der Waals surface area contributed by atoms with E-state index in [1.54, 1.807) is 4.90 Å². The lowest BCUT2D eigenvalue weighted by Crippen LogP contribution is -2.41. The Bertz CT molecular complexity index is 185. The third-order valence-corrected chi connectivity index (χ3v) is 1.65. The molecule has 1 aliphatic rings. The van der Waals surface area contributed by atoms with Crippen molar-refractivity contribution < 1.29 is 14.3 Å². The normalized spacial score (nSPS) is 17.6. The van der Waals surface area contributed by atoms with Gasteiger partial charge in [-0.1, -0.05) is 0 Å². The first kappa shape index (κ1) is 9.19. The maximum Gasteiger partial charge on any atom is 0.234 e. The Labute approximate surface area is 71.5 Å². The van der Waals surface area contributed by atoms with E-state index in [1.807, 2.05) is 0 Å². The fourth-order valence-corrected chi connectivity index (χ4v) is 1.05. The van der Waals surface area contributed by atoms with Gasteiger partial charge in [0.25, 0.3) is 0 Å². The summed E-state index contributed by atoms with van der Waals surface area (Å²) >= 11 is 0. The van der Waals surface area contributed by atoms with Crippen LogP contribution in [0.3, 0.4) is 0 Å². The highest BCUT2D eigenvalue weighted by molar-refractivity contribution is 6.08. The van der Waals surface area contributed by atoms with Gasteiger partial charge >= 0.3 is 0 Å². The first-order valence-electron chi connectivity index (χ1n) is 3.92. The molecule has 67 valence electrons. The molecule has 1 heterocycles. The van der Waals surface area contributed by atoms with Gasteiger partial charge in [-0.3, -0.25) is 9.59 Å². The molecule has 0 aromatic rings. The number of carbonyl (C=O) groups is 2. The molecule has 1 aliphatic heterocycles. The summed E-state index contributed by atoms with van der Waals surface area (Å²) in [6.07, 6.45) is 1.12. The number of hydrogen-bond acceptors (Lipinski definition) is 3. The summed E-state index contributed by atoms with van der Waals surface area (Å²) in [4.78, 5) is 23.4. The molecule has 1 fully saturated rings. The van der Waals surface area contributed by atoms with Gasteiger partial charge < -0.3 is 9.64 Å². The van der Waals surface area contributed by atoms with E-state index in [1.165, 1.54) is 6.92 Å². The number of rotatable bonds is 2. The Balaban J connectivity index is 2.34. The predicted molar refractivity (Wildman–Crippen MR) is 42.4 cm³/mol. The highest BCUT2D eigenvalue weighted by Crippen LogP contribution is 1.99. The number of morpholine rings is 1. The molecule has 1 saturated heterocycles. The van der Waals surface area contributed by atoms with Crippen molar-refractivity contribution in [1.29, 1.82) is 0 Å². The standard InChI is InChI=1S/C8H12NO3/c1-7(10)6-8(11)9-2-4-12-5-3-9/h6H,2-5H2,1H3. The molecular formula is C8H12NO3. The van der Waals surface area contributed by atoms with E-state index >= 15 is 0 Å². The summed E-state index contributed by atoms with van der Waals surface area (Å²) in [5.74, 6) is -0.405. The van der Waals surface area contributed by atoms with E-state index < -0.39 is 0 Å². The van der Waals surface area contributed by atoms with E-state index in [0.29, 0.717) is 26.3 Å². The van der Waals surface area contributed by atoms with Crippen molar-refractivity contribution in [1.82, 2.24) is 4.90 Å². The van der Waals surface area contributed by atoms with Crippen molar-refractivity contribution in [2.75, 3.05) is 26.3 Å². The maximum absolute atomic E-state index is 11.2. The van der Waals surface area contributed by atoms with E-state index in [2.05, 4.69) is 0 Å². The van der Waals surface area contributed by atoms with Crippen LogP contribution < -0.4 is 0 Å². The Morgan fingerprint density at radius 2 is 1.92 bits per heavy atom. The largest absolute Gasteiger partial charge is 0.378 e. The third-order valence-electron chi connectivity index (χ3n) is 1.65. The number of ether oxygens (including phenoxy) is 1. The number of Topliss-reactive ketones (excluding diaryl/α,β-unsaturated/α-hetero) is 1. The average molecular weight is 170 g/mol. The fraction of sp³-hybridized carbons (Fsp3) is 0.625. The molecule has 4 nitrogen and oxygen atoms in total. The van der Waals surface area contributed by atoms with Crippen LogP contribution in [0.2, 0.25) is 0 Å². The van der Waals surface area contributed by atoms with Gasteiger partial charge in [-0.05, 0) is 6.92 Å². The number of ketones is 1. The van der Waals surface area contributed by atoms with E-state index in [9.17, 15) is 9.59 Å². The van der Waals surface area contributed by atoms with Gasteiger partial charge in [-0.25, -0.2) is 0 Å². The lowest BCUT2D eigenvalue weighted by Gasteiger charge is -2.26. The van der Waals surface area contributed by atoms with Gasteiger partial charge in [0.15, 0.2) is 0 Å². The van der Waals surface area contributed by atoms with Crippen LogP contribution >= 0.6 is 0 Å². The third kappa shape index (κ3) is 2.62. The number of amides is 1. The second kappa shape index (κ2) is 4.21. The van der Waals surface area contributed by atoms with Crippen molar-refractivity contribution in [3.8, 4) is 0 Å². The molecule has 1 amide bonds. The van der Waals surface area contributed by atoms with Crippen LogP contribution in [0.15, 0.2) is 0 Å². The average Bonchev–Trinajstić information content (AvgIpc) is 2.05. The lowest BCUT2D eigenvalue weighted by atomic mass is 10.2. The monoisotopic (exact) mass is 170 g/mol. The highest BCUT2D eigenvalue weighted by atomic mass is 16.5. The zero-order valence-electron chi connectivity index (χ0n) is 7.08. The van der Waals surface area contributed by atoms with E-state index in [-0.39, 0.29) is 11.7 Å². The van der Waals surface area contributed by atoms with Crippen LogP contribution in [0.5, 0.6) is 0 Å². The number of hydrogen-bond donors (Lipinski definition) is 0. The quantitative estimate of drug-likeness (QED) is 0.531. The minimum absolute atomic E-state index is 0.202. The van der Waals surface area contributed by atoms with E-state index in [0.717, 1.165) is 6.42 Å². The van der Waals surface area contributed by atoms with E-state index in [4.69, 9.17) is 4.74 Å². The van der Waals surface area contributed by atoms with Crippen LogP contribution in [0, 0.1) is 6.42 Å². The molecule has 0 aromatic carbocycles. The molecule has 0 unspecified atom stereocenters. The summed E-state index contributed by atoms with van der Waals surface area (Å²) in [6, 6.07) is 0. The molecule has 0 saturated carbocycles. The summed E-state index contributed by atoms with van der Waals surface area (Å²) < 4.78 is 5.06. The molecule has 0 aliphatic carbocycles. The smallest absolute Gasteiger partial charge is 0.234 e. The van der Waals surface area contributed by atoms with Crippen molar-refractivity contribution in [2.24, 2.45) is 0 Å². The zero-order valence-corrected chi connectivity index (χ0v) is 7.08. The molecule has 4 heteroatoms. The second-order valence-corrected chi connectivity index (χ2v) is 2.69. The second-order valence-electron chi connectivity index (χ2n) is 2.69. The van der Waals surface area contributed by atoms with Crippen LogP contribution in [-0.2, 0) is 14.3 Å².